The summed E-state index contributed by atoms with van der Waals surface area (Å²) in [6.45, 7) is 0. The number of benzene rings is 1. The van der Waals surface area contributed by atoms with Crippen LogP contribution in [0.25, 0.3) is 11.3 Å². The fourth-order valence-electron chi connectivity index (χ4n) is 3.01. The maximum Gasteiger partial charge on any atom is 0.278 e. The molecular formula is C15H17N3O2. The number of nitro groups is 1. The first-order chi connectivity index (χ1) is 9.77. The van der Waals surface area contributed by atoms with Gasteiger partial charge in [-0.25, -0.2) is 4.98 Å². The minimum absolute atomic E-state index is 0.144. The summed E-state index contributed by atoms with van der Waals surface area (Å²) in [5.74, 6) is 0. The van der Waals surface area contributed by atoms with Crippen molar-refractivity contribution in [2.45, 2.75) is 38.1 Å². The summed E-state index contributed by atoms with van der Waals surface area (Å²) in [6.07, 6.45) is 9.53. The van der Waals surface area contributed by atoms with E-state index in [1.807, 2.05) is 12.4 Å². The molecule has 0 unspecified atom stereocenters. The summed E-state index contributed by atoms with van der Waals surface area (Å²) in [4.78, 5) is 15.1. The molecule has 0 atom stereocenters. The van der Waals surface area contributed by atoms with Gasteiger partial charge in [0.1, 0.15) is 0 Å². The maximum atomic E-state index is 11.2. The molecule has 1 aliphatic rings. The van der Waals surface area contributed by atoms with Crippen LogP contribution >= 0.6 is 0 Å². The topological polar surface area (TPSA) is 61.0 Å². The van der Waals surface area contributed by atoms with E-state index >= 15 is 0 Å². The minimum Gasteiger partial charge on any atom is -0.327 e. The first kappa shape index (κ1) is 12.8. The summed E-state index contributed by atoms with van der Waals surface area (Å²) in [6, 6.07) is 7.30. The van der Waals surface area contributed by atoms with Crippen molar-refractivity contribution in [1.29, 1.82) is 0 Å². The van der Waals surface area contributed by atoms with Crippen LogP contribution < -0.4 is 0 Å². The highest BCUT2D eigenvalue weighted by atomic mass is 16.6. The molecule has 1 aromatic carbocycles. The molecule has 1 fully saturated rings. The smallest absolute Gasteiger partial charge is 0.278 e. The van der Waals surface area contributed by atoms with Crippen LogP contribution in [0.5, 0.6) is 0 Å². The van der Waals surface area contributed by atoms with Crippen LogP contribution in [0.2, 0.25) is 0 Å². The molecule has 3 rings (SSSR count). The zero-order chi connectivity index (χ0) is 13.9. The lowest BCUT2D eigenvalue weighted by Crippen LogP contribution is -2.13. The number of hydrogen-bond acceptors (Lipinski definition) is 3. The van der Waals surface area contributed by atoms with Gasteiger partial charge in [-0.05, 0) is 18.9 Å². The highest BCUT2D eigenvalue weighted by Crippen LogP contribution is 2.35. The Morgan fingerprint density at radius 3 is 2.70 bits per heavy atom. The fourth-order valence-corrected chi connectivity index (χ4v) is 3.01. The Morgan fingerprint density at radius 1 is 1.20 bits per heavy atom. The van der Waals surface area contributed by atoms with Gasteiger partial charge >= 0.3 is 0 Å². The number of rotatable bonds is 3. The molecule has 0 bridgehead atoms. The number of para-hydroxylation sites is 1. The quantitative estimate of drug-likeness (QED) is 0.627. The lowest BCUT2D eigenvalue weighted by molar-refractivity contribution is -0.384. The van der Waals surface area contributed by atoms with Crippen molar-refractivity contribution < 1.29 is 4.92 Å². The predicted octanol–water partition coefficient (Wildman–Crippen LogP) is 3.96. The van der Waals surface area contributed by atoms with Crippen LogP contribution in [-0.4, -0.2) is 14.5 Å². The molecule has 20 heavy (non-hydrogen) atoms. The molecule has 1 aliphatic carbocycles. The number of hydrogen-bond donors (Lipinski definition) is 0. The summed E-state index contributed by atoms with van der Waals surface area (Å²) in [5, 5.41) is 11.2. The summed E-state index contributed by atoms with van der Waals surface area (Å²) in [7, 11) is 0. The molecule has 104 valence electrons. The average molecular weight is 271 g/mol. The monoisotopic (exact) mass is 271 g/mol. The molecule has 1 aromatic heterocycles. The molecule has 1 saturated carbocycles. The lowest BCUT2D eigenvalue weighted by Gasteiger charge is -2.24. The molecule has 1 heterocycles. The van der Waals surface area contributed by atoms with Crippen molar-refractivity contribution in [2.75, 3.05) is 0 Å². The van der Waals surface area contributed by atoms with E-state index in [1.165, 1.54) is 19.3 Å². The fraction of sp³-hybridized carbons (Fsp3) is 0.400. The second-order valence-corrected chi connectivity index (χ2v) is 5.25. The van der Waals surface area contributed by atoms with Crippen molar-refractivity contribution in [2.24, 2.45) is 0 Å². The Hall–Kier alpha value is -2.17. The van der Waals surface area contributed by atoms with Crippen molar-refractivity contribution in [3.05, 3.63) is 46.9 Å². The van der Waals surface area contributed by atoms with Crippen LogP contribution in [0.3, 0.4) is 0 Å². The molecule has 0 spiro atoms. The molecule has 0 N–H and O–H groups in total. The number of nitro benzene ring substituents is 1. The number of aromatic nitrogens is 2. The van der Waals surface area contributed by atoms with Crippen molar-refractivity contribution in [3.8, 4) is 11.3 Å². The van der Waals surface area contributed by atoms with Gasteiger partial charge < -0.3 is 4.57 Å². The summed E-state index contributed by atoms with van der Waals surface area (Å²) < 4.78 is 2.11. The SMILES string of the molecule is O=[N+]([O-])c1ccccc1-c1cncn1C1CCCCC1. The largest absolute Gasteiger partial charge is 0.327 e. The predicted molar refractivity (Wildman–Crippen MR) is 76.4 cm³/mol. The van der Waals surface area contributed by atoms with Gasteiger partial charge in [0.15, 0.2) is 0 Å². The van der Waals surface area contributed by atoms with Crippen molar-refractivity contribution in [1.82, 2.24) is 9.55 Å². The Balaban J connectivity index is 2.03. The third kappa shape index (κ3) is 2.31. The van der Waals surface area contributed by atoms with Crippen LogP contribution in [0.15, 0.2) is 36.8 Å². The zero-order valence-corrected chi connectivity index (χ0v) is 11.2. The van der Waals surface area contributed by atoms with Gasteiger partial charge in [0.25, 0.3) is 5.69 Å². The summed E-state index contributed by atoms with van der Waals surface area (Å²) >= 11 is 0. The Morgan fingerprint density at radius 2 is 1.95 bits per heavy atom. The first-order valence-electron chi connectivity index (χ1n) is 7.03. The minimum atomic E-state index is -0.326. The summed E-state index contributed by atoms with van der Waals surface area (Å²) in [5.41, 5.74) is 1.65. The highest BCUT2D eigenvalue weighted by Gasteiger charge is 2.22. The van der Waals surface area contributed by atoms with Crippen molar-refractivity contribution in [3.63, 3.8) is 0 Å². The van der Waals surface area contributed by atoms with E-state index in [4.69, 9.17) is 0 Å². The molecule has 0 aliphatic heterocycles. The third-order valence-electron chi connectivity index (χ3n) is 4.01. The lowest BCUT2D eigenvalue weighted by atomic mass is 9.95. The average Bonchev–Trinajstić information content (AvgIpc) is 2.97. The normalized spacial score (nSPS) is 16.2. The van der Waals surface area contributed by atoms with E-state index in [9.17, 15) is 10.1 Å². The van der Waals surface area contributed by atoms with Gasteiger partial charge in [0.05, 0.1) is 28.7 Å². The van der Waals surface area contributed by atoms with Crippen LogP contribution in [0.4, 0.5) is 5.69 Å². The second-order valence-electron chi connectivity index (χ2n) is 5.25. The van der Waals surface area contributed by atoms with E-state index in [0.29, 0.717) is 11.6 Å². The van der Waals surface area contributed by atoms with E-state index in [1.54, 1.807) is 24.4 Å². The van der Waals surface area contributed by atoms with Crippen molar-refractivity contribution >= 4 is 5.69 Å². The Kier molecular flexibility index (Phi) is 3.50. The molecule has 0 radical (unpaired) electrons. The second kappa shape index (κ2) is 5.45. The standard InChI is InChI=1S/C15H17N3O2/c19-18(20)14-9-5-4-8-13(14)15-10-16-11-17(15)12-6-2-1-3-7-12/h4-5,8-12H,1-3,6-7H2. The van der Waals surface area contributed by atoms with E-state index in [2.05, 4.69) is 9.55 Å². The van der Waals surface area contributed by atoms with E-state index in [0.717, 1.165) is 18.5 Å². The first-order valence-corrected chi connectivity index (χ1v) is 7.03. The van der Waals surface area contributed by atoms with E-state index in [-0.39, 0.29) is 10.6 Å². The van der Waals surface area contributed by atoms with Gasteiger partial charge in [0, 0.05) is 12.1 Å². The molecular weight excluding hydrogens is 254 g/mol. The van der Waals surface area contributed by atoms with Gasteiger partial charge in [-0.2, -0.15) is 0 Å². The zero-order valence-electron chi connectivity index (χ0n) is 11.2. The molecule has 5 nitrogen and oxygen atoms in total. The molecule has 0 saturated heterocycles. The van der Waals surface area contributed by atoms with Gasteiger partial charge in [0.2, 0.25) is 0 Å². The Bertz CT molecular complexity index is 615. The molecule has 2 aromatic rings. The molecule has 5 heteroatoms. The molecule has 0 amide bonds. The number of nitrogens with zero attached hydrogens (tertiary/aromatic N) is 3. The van der Waals surface area contributed by atoms with Crippen LogP contribution in [0.1, 0.15) is 38.1 Å². The van der Waals surface area contributed by atoms with E-state index < -0.39 is 0 Å². The third-order valence-corrected chi connectivity index (χ3v) is 4.01. The highest BCUT2D eigenvalue weighted by molar-refractivity contribution is 5.70. The van der Waals surface area contributed by atoms with Gasteiger partial charge in [-0.3, -0.25) is 10.1 Å². The van der Waals surface area contributed by atoms with Crippen LogP contribution in [0, 0.1) is 10.1 Å². The Labute approximate surface area is 117 Å². The van der Waals surface area contributed by atoms with Crippen LogP contribution in [-0.2, 0) is 0 Å². The van der Waals surface area contributed by atoms with Gasteiger partial charge in [-0.1, -0.05) is 31.4 Å². The number of imidazole rings is 1. The van der Waals surface area contributed by atoms with Gasteiger partial charge in [-0.15, -0.1) is 0 Å². The maximum absolute atomic E-state index is 11.2.